The number of rotatable bonds is 1. The SMILES string of the molecule is Nc1nc(N2CCCNCC2)nc2ccccc12. The summed E-state index contributed by atoms with van der Waals surface area (Å²) in [4.78, 5) is 11.2. The second-order valence-electron chi connectivity index (χ2n) is 4.52. The van der Waals surface area contributed by atoms with Crippen molar-refractivity contribution >= 4 is 22.7 Å². The van der Waals surface area contributed by atoms with Gasteiger partial charge in [0.05, 0.1) is 5.52 Å². The quantitative estimate of drug-likeness (QED) is 0.782. The van der Waals surface area contributed by atoms with Crippen LogP contribution in [0.4, 0.5) is 11.8 Å². The molecule has 0 spiro atoms. The van der Waals surface area contributed by atoms with Gasteiger partial charge < -0.3 is 16.0 Å². The zero-order valence-electron chi connectivity index (χ0n) is 10.3. The highest BCUT2D eigenvalue weighted by Gasteiger charge is 2.13. The molecule has 1 saturated heterocycles. The molecule has 94 valence electrons. The molecule has 1 aliphatic heterocycles. The lowest BCUT2D eigenvalue weighted by Crippen LogP contribution is -2.29. The lowest BCUT2D eigenvalue weighted by Gasteiger charge is -2.20. The predicted molar refractivity (Wildman–Crippen MR) is 73.7 cm³/mol. The Morgan fingerprint density at radius 3 is 2.94 bits per heavy atom. The first kappa shape index (κ1) is 11.2. The van der Waals surface area contributed by atoms with Crippen LogP contribution in [0.1, 0.15) is 6.42 Å². The Morgan fingerprint density at radius 2 is 2.00 bits per heavy atom. The van der Waals surface area contributed by atoms with E-state index in [2.05, 4.69) is 20.2 Å². The van der Waals surface area contributed by atoms with Crippen LogP contribution in [0, 0.1) is 0 Å². The summed E-state index contributed by atoms with van der Waals surface area (Å²) in [7, 11) is 0. The number of aromatic nitrogens is 2. The summed E-state index contributed by atoms with van der Waals surface area (Å²) >= 11 is 0. The first-order valence-electron chi connectivity index (χ1n) is 6.32. The zero-order valence-corrected chi connectivity index (χ0v) is 10.3. The number of nitrogens with zero attached hydrogens (tertiary/aromatic N) is 3. The summed E-state index contributed by atoms with van der Waals surface area (Å²) in [5, 5.41) is 4.30. The third kappa shape index (κ3) is 2.09. The minimum Gasteiger partial charge on any atom is -0.383 e. The maximum Gasteiger partial charge on any atom is 0.227 e. The van der Waals surface area contributed by atoms with Crippen molar-refractivity contribution in [2.45, 2.75) is 6.42 Å². The van der Waals surface area contributed by atoms with Gasteiger partial charge in [-0.1, -0.05) is 12.1 Å². The summed E-state index contributed by atoms with van der Waals surface area (Å²) in [5.41, 5.74) is 6.92. The van der Waals surface area contributed by atoms with E-state index in [1.807, 2.05) is 24.3 Å². The van der Waals surface area contributed by atoms with E-state index in [4.69, 9.17) is 5.73 Å². The Kier molecular flexibility index (Phi) is 2.98. The second kappa shape index (κ2) is 4.78. The smallest absolute Gasteiger partial charge is 0.227 e. The Morgan fingerprint density at radius 1 is 1.11 bits per heavy atom. The summed E-state index contributed by atoms with van der Waals surface area (Å²) in [6, 6.07) is 7.87. The van der Waals surface area contributed by atoms with Gasteiger partial charge in [0.2, 0.25) is 5.95 Å². The second-order valence-corrected chi connectivity index (χ2v) is 4.52. The van der Waals surface area contributed by atoms with Crippen LogP contribution in [-0.2, 0) is 0 Å². The van der Waals surface area contributed by atoms with Gasteiger partial charge in [-0.15, -0.1) is 0 Å². The molecule has 2 aromatic rings. The lowest BCUT2D eigenvalue weighted by atomic mass is 10.2. The number of anilines is 2. The molecule has 2 heterocycles. The number of benzene rings is 1. The van der Waals surface area contributed by atoms with Gasteiger partial charge in [-0.2, -0.15) is 4.98 Å². The number of para-hydroxylation sites is 1. The van der Waals surface area contributed by atoms with Gasteiger partial charge in [0, 0.05) is 25.0 Å². The standard InChI is InChI=1S/C13H17N5/c14-12-10-4-1-2-5-11(10)16-13(17-12)18-8-3-6-15-7-9-18/h1-2,4-5,15H,3,6-9H2,(H2,14,16,17). The minimum absolute atomic E-state index is 0.563. The number of nitrogen functional groups attached to an aromatic ring is 1. The Balaban J connectivity index is 2.01. The number of fused-ring (bicyclic) bond motifs is 1. The van der Waals surface area contributed by atoms with Crippen molar-refractivity contribution in [3.05, 3.63) is 24.3 Å². The topological polar surface area (TPSA) is 67.1 Å². The van der Waals surface area contributed by atoms with Gasteiger partial charge in [-0.05, 0) is 25.1 Å². The maximum absolute atomic E-state index is 6.01. The van der Waals surface area contributed by atoms with E-state index in [-0.39, 0.29) is 0 Å². The Hall–Kier alpha value is -1.88. The molecule has 3 N–H and O–H groups in total. The molecule has 0 unspecified atom stereocenters. The molecular weight excluding hydrogens is 226 g/mol. The molecular formula is C13H17N5. The molecule has 3 rings (SSSR count). The van der Waals surface area contributed by atoms with Crippen LogP contribution < -0.4 is 16.0 Å². The van der Waals surface area contributed by atoms with Crippen LogP contribution in [0.25, 0.3) is 10.9 Å². The van der Waals surface area contributed by atoms with Gasteiger partial charge in [-0.3, -0.25) is 0 Å². The van der Waals surface area contributed by atoms with Crippen molar-refractivity contribution in [3.8, 4) is 0 Å². The van der Waals surface area contributed by atoms with Gasteiger partial charge in [0.15, 0.2) is 0 Å². The number of nitrogens with two attached hydrogens (primary N) is 1. The number of hydrogen-bond donors (Lipinski definition) is 2. The average molecular weight is 243 g/mol. The summed E-state index contributed by atoms with van der Waals surface area (Å²) in [5.74, 6) is 1.31. The Bertz CT molecular complexity index is 546. The van der Waals surface area contributed by atoms with Crippen molar-refractivity contribution in [3.63, 3.8) is 0 Å². The van der Waals surface area contributed by atoms with Crippen LogP contribution in [0.5, 0.6) is 0 Å². The summed E-state index contributed by atoms with van der Waals surface area (Å²) < 4.78 is 0. The zero-order chi connectivity index (χ0) is 12.4. The lowest BCUT2D eigenvalue weighted by molar-refractivity contribution is 0.724. The third-order valence-corrected chi connectivity index (χ3v) is 3.24. The highest BCUT2D eigenvalue weighted by molar-refractivity contribution is 5.88. The van der Waals surface area contributed by atoms with Crippen LogP contribution >= 0.6 is 0 Å². The van der Waals surface area contributed by atoms with E-state index in [0.717, 1.165) is 49.5 Å². The molecule has 5 heteroatoms. The summed E-state index contributed by atoms with van der Waals surface area (Å²) in [6.07, 6.45) is 1.11. The first-order valence-corrected chi connectivity index (χ1v) is 6.32. The van der Waals surface area contributed by atoms with Gasteiger partial charge in [0.25, 0.3) is 0 Å². The van der Waals surface area contributed by atoms with E-state index in [1.165, 1.54) is 0 Å². The van der Waals surface area contributed by atoms with Crippen LogP contribution in [-0.4, -0.2) is 36.1 Å². The van der Waals surface area contributed by atoms with Crippen molar-refractivity contribution in [1.29, 1.82) is 0 Å². The van der Waals surface area contributed by atoms with Crippen LogP contribution in [0.3, 0.4) is 0 Å². The van der Waals surface area contributed by atoms with Gasteiger partial charge in [0.1, 0.15) is 5.82 Å². The fourth-order valence-corrected chi connectivity index (χ4v) is 2.28. The van der Waals surface area contributed by atoms with Crippen molar-refractivity contribution in [2.24, 2.45) is 0 Å². The van der Waals surface area contributed by atoms with Crippen LogP contribution in [0.2, 0.25) is 0 Å². The van der Waals surface area contributed by atoms with Crippen molar-refractivity contribution in [1.82, 2.24) is 15.3 Å². The molecule has 1 aromatic carbocycles. The largest absolute Gasteiger partial charge is 0.383 e. The molecule has 1 fully saturated rings. The van der Waals surface area contributed by atoms with E-state index >= 15 is 0 Å². The molecule has 1 aromatic heterocycles. The summed E-state index contributed by atoms with van der Waals surface area (Å²) in [6.45, 7) is 3.93. The molecule has 0 amide bonds. The number of hydrogen-bond acceptors (Lipinski definition) is 5. The van der Waals surface area contributed by atoms with E-state index < -0.39 is 0 Å². The maximum atomic E-state index is 6.01. The molecule has 0 aliphatic carbocycles. The minimum atomic E-state index is 0.563. The molecule has 0 saturated carbocycles. The highest BCUT2D eigenvalue weighted by Crippen LogP contribution is 2.21. The first-order chi connectivity index (χ1) is 8.84. The van der Waals surface area contributed by atoms with Gasteiger partial charge >= 0.3 is 0 Å². The van der Waals surface area contributed by atoms with Crippen LogP contribution in [0.15, 0.2) is 24.3 Å². The third-order valence-electron chi connectivity index (χ3n) is 3.24. The molecule has 0 radical (unpaired) electrons. The predicted octanol–water partition coefficient (Wildman–Crippen LogP) is 1.01. The Labute approximate surface area is 106 Å². The molecule has 18 heavy (non-hydrogen) atoms. The normalized spacial score (nSPS) is 16.8. The monoisotopic (exact) mass is 243 g/mol. The van der Waals surface area contributed by atoms with E-state index in [0.29, 0.717) is 5.82 Å². The highest BCUT2D eigenvalue weighted by atomic mass is 15.3. The van der Waals surface area contributed by atoms with Crippen molar-refractivity contribution in [2.75, 3.05) is 36.8 Å². The molecule has 0 atom stereocenters. The van der Waals surface area contributed by atoms with Gasteiger partial charge in [-0.25, -0.2) is 4.98 Å². The average Bonchev–Trinajstić information content (AvgIpc) is 2.67. The van der Waals surface area contributed by atoms with E-state index in [1.54, 1.807) is 0 Å². The molecule has 0 bridgehead atoms. The molecule has 1 aliphatic rings. The number of nitrogens with one attached hydrogen (secondary N) is 1. The fourth-order valence-electron chi connectivity index (χ4n) is 2.28. The van der Waals surface area contributed by atoms with E-state index in [9.17, 15) is 0 Å². The fraction of sp³-hybridized carbons (Fsp3) is 0.385. The molecule has 5 nitrogen and oxygen atoms in total. The van der Waals surface area contributed by atoms with Crippen molar-refractivity contribution < 1.29 is 0 Å².